The van der Waals surface area contributed by atoms with Crippen molar-refractivity contribution in [1.82, 2.24) is 0 Å². The molecule has 17 heavy (non-hydrogen) atoms. The summed E-state index contributed by atoms with van der Waals surface area (Å²) in [6, 6.07) is 3.58. The molecule has 1 aromatic carbocycles. The first-order valence-corrected chi connectivity index (χ1v) is 5.79. The van der Waals surface area contributed by atoms with Gasteiger partial charge in [0.05, 0.1) is 14.2 Å². The lowest BCUT2D eigenvalue weighted by Crippen LogP contribution is -2.34. The summed E-state index contributed by atoms with van der Waals surface area (Å²) in [5.74, 6) is 1.20. The highest BCUT2D eigenvalue weighted by atomic mass is 19.1. The van der Waals surface area contributed by atoms with Crippen molar-refractivity contribution < 1.29 is 13.9 Å². The van der Waals surface area contributed by atoms with Crippen molar-refractivity contribution in [3.05, 3.63) is 23.3 Å². The Hall–Kier alpha value is -1.29. The fraction of sp³-hybridized carbons (Fsp3) is 0.538. The third-order valence-corrected chi connectivity index (χ3v) is 3.43. The third kappa shape index (κ3) is 1.97. The van der Waals surface area contributed by atoms with Gasteiger partial charge in [-0.2, -0.15) is 0 Å². The number of alkyl halides is 1. The van der Waals surface area contributed by atoms with Gasteiger partial charge in [0.2, 0.25) is 0 Å². The summed E-state index contributed by atoms with van der Waals surface area (Å²) in [6.45, 7) is 0.00941. The zero-order chi connectivity index (χ0) is 12.5. The summed E-state index contributed by atoms with van der Waals surface area (Å²) in [5, 5.41) is 0. The standard InChI is InChI=1S/C13H18FNO2/c1-16-11-6-9-4-3-5-13(14,8-15)10(9)7-12(11)17-2/h6-7H,3-5,8,15H2,1-2H3. The van der Waals surface area contributed by atoms with Crippen molar-refractivity contribution in [3.8, 4) is 11.5 Å². The van der Waals surface area contributed by atoms with Crippen molar-refractivity contribution in [2.45, 2.75) is 24.9 Å². The van der Waals surface area contributed by atoms with Gasteiger partial charge in [-0.25, -0.2) is 4.39 Å². The van der Waals surface area contributed by atoms with Crippen molar-refractivity contribution in [2.24, 2.45) is 5.73 Å². The molecule has 94 valence electrons. The summed E-state index contributed by atoms with van der Waals surface area (Å²) in [5.41, 5.74) is 5.77. The number of fused-ring (bicyclic) bond motifs is 1. The minimum Gasteiger partial charge on any atom is -0.493 e. The quantitative estimate of drug-likeness (QED) is 0.879. The topological polar surface area (TPSA) is 44.5 Å². The van der Waals surface area contributed by atoms with Crippen LogP contribution in [0.25, 0.3) is 0 Å². The van der Waals surface area contributed by atoms with Crippen LogP contribution < -0.4 is 15.2 Å². The van der Waals surface area contributed by atoms with Crippen LogP contribution >= 0.6 is 0 Å². The Morgan fingerprint density at radius 1 is 1.29 bits per heavy atom. The second-order valence-electron chi connectivity index (χ2n) is 4.39. The smallest absolute Gasteiger partial charge is 0.161 e. The Labute approximate surface area is 101 Å². The van der Waals surface area contributed by atoms with Crippen LogP contribution in [0.4, 0.5) is 4.39 Å². The number of halogens is 1. The molecule has 0 heterocycles. The van der Waals surface area contributed by atoms with E-state index in [1.807, 2.05) is 6.07 Å². The van der Waals surface area contributed by atoms with Crippen LogP contribution in [0.1, 0.15) is 24.0 Å². The molecule has 4 heteroatoms. The van der Waals surface area contributed by atoms with Gasteiger partial charge in [-0.1, -0.05) is 0 Å². The first-order chi connectivity index (χ1) is 8.14. The number of rotatable bonds is 3. The molecule has 1 aromatic rings. The van der Waals surface area contributed by atoms with Crippen LogP contribution in [-0.4, -0.2) is 20.8 Å². The molecular formula is C13H18FNO2. The molecule has 0 spiro atoms. The van der Waals surface area contributed by atoms with Crippen LogP contribution in [0, 0.1) is 0 Å². The molecule has 1 aliphatic carbocycles. The van der Waals surface area contributed by atoms with E-state index in [0.717, 1.165) is 18.4 Å². The largest absolute Gasteiger partial charge is 0.493 e. The van der Waals surface area contributed by atoms with Gasteiger partial charge in [0.15, 0.2) is 11.5 Å². The van der Waals surface area contributed by atoms with Gasteiger partial charge in [0.25, 0.3) is 0 Å². The molecule has 2 rings (SSSR count). The molecule has 0 fully saturated rings. The van der Waals surface area contributed by atoms with E-state index < -0.39 is 5.67 Å². The van der Waals surface area contributed by atoms with E-state index in [2.05, 4.69) is 0 Å². The maximum Gasteiger partial charge on any atom is 0.161 e. The summed E-state index contributed by atoms with van der Waals surface area (Å²) in [4.78, 5) is 0. The summed E-state index contributed by atoms with van der Waals surface area (Å²) >= 11 is 0. The van der Waals surface area contributed by atoms with Crippen LogP contribution in [0.3, 0.4) is 0 Å². The Morgan fingerprint density at radius 3 is 2.53 bits per heavy atom. The molecule has 0 saturated heterocycles. The van der Waals surface area contributed by atoms with E-state index in [-0.39, 0.29) is 6.54 Å². The Bertz CT molecular complexity index is 422. The molecule has 0 aromatic heterocycles. The number of methoxy groups -OCH3 is 2. The van der Waals surface area contributed by atoms with Crippen molar-refractivity contribution in [3.63, 3.8) is 0 Å². The number of ether oxygens (including phenoxy) is 2. The Kier molecular flexibility index (Phi) is 3.24. The monoisotopic (exact) mass is 239 g/mol. The Balaban J connectivity index is 2.55. The van der Waals surface area contributed by atoms with Gasteiger partial charge >= 0.3 is 0 Å². The van der Waals surface area contributed by atoms with Gasteiger partial charge in [-0.3, -0.25) is 0 Å². The molecular weight excluding hydrogens is 221 g/mol. The van der Waals surface area contributed by atoms with Crippen molar-refractivity contribution in [2.75, 3.05) is 20.8 Å². The van der Waals surface area contributed by atoms with E-state index in [1.165, 1.54) is 0 Å². The summed E-state index contributed by atoms with van der Waals surface area (Å²) < 4.78 is 25.1. The minimum absolute atomic E-state index is 0.00941. The first kappa shape index (κ1) is 12.2. The molecule has 1 atom stereocenters. The van der Waals surface area contributed by atoms with E-state index in [9.17, 15) is 4.39 Å². The molecule has 0 amide bonds. The van der Waals surface area contributed by atoms with Crippen LogP contribution in [-0.2, 0) is 12.1 Å². The molecule has 0 radical (unpaired) electrons. The molecule has 3 nitrogen and oxygen atoms in total. The van der Waals surface area contributed by atoms with Gasteiger partial charge in [-0.15, -0.1) is 0 Å². The fourth-order valence-electron chi connectivity index (χ4n) is 2.45. The number of aryl methyl sites for hydroxylation is 1. The summed E-state index contributed by atoms with van der Waals surface area (Å²) in [7, 11) is 3.13. The van der Waals surface area contributed by atoms with Gasteiger partial charge in [-0.05, 0) is 42.5 Å². The van der Waals surface area contributed by atoms with Crippen LogP contribution in [0.5, 0.6) is 11.5 Å². The third-order valence-electron chi connectivity index (χ3n) is 3.43. The fourth-order valence-corrected chi connectivity index (χ4v) is 2.45. The van der Waals surface area contributed by atoms with Gasteiger partial charge < -0.3 is 15.2 Å². The lowest BCUT2D eigenvalue weighted by molar-refractivity contribution is 0.146. The number of hydrogen-bond donors (Lipinski definition) is 1. The zero-order valence-corrected chi connectivity index (χ0v) is 10.3. The SMILES string of the molecule is COc1cc2c(cc1OC)C(F)(CN)CCC2. The molecule has 0 bridgehead atoms. The predicted molar refractivity (Wildman–Crippen MR) is 64.3 cm³/mol. The highest BCUT2D eigenvalue weighted by molar-refractivity contribution is 5.50. The van der Waals surface area contributed by atoms with Crippen molar-refractivity contribution >= 4 is 0 Å². The molecule has 2 N–H and O–H groups in total. The maximum atomic E-state index is 14.6. The number of nitrogens with two attached hydrogens (primary N) is 1. The van der Waals surface area contributed by atoms with Crippen LogP contribution in [0.2, 0.25) is 0 Å². The second-order valence-corrected chi connectivity index (χ2v) is 4.39. The predicted octanol–water partition coefficient (Wildman–Crippen LogP) is 2.16. The van der Waals surface area contributed by atoms with Gasteiger partial charge in [0, 0.05) is 6.54 Å². The molecule has 1 aliphatic rings. The van der Waals surface area contributed by atoms with E-state index in [0.29, 0.717) is 23.5 Å². The highest BCUT2D eigenvalue weighted by Gasteiger charge is 2.36. The van der Waals surface area contributed by atoms with E-state index in [4.69, 9.17) is 15.2 Å². The first-order valence-electron chi connectivity index (χ1n) is 5.79. The zero-order valence-electron chi connectivity index (χ0n) is 10.3. The lowest BCUT2D eigenvalue weighted by atomic mass is 9.80. The molecule has 0 saturated carbocycles. The summed E-state index contributed by atoms with van der Waals surface area (Å²) in [6.07, 6.45) is 2.16. The molecule has 1 unspecified atom stereocenters. The normalized spacial score (nSPS) is 23.1. The Morgan fingerprint density at radius 2 is 1.94 bits per heavy atom. The number of benzene rings is 1. The average Bonchev–Trinajstić information content (AvgIpc) is 2.37. The lowest BCUT2D eigenvalue weighted by Gasteiger charge is -2.31. The second kappa shape index (κ2) is 4.53. The van der Waals surface area contributed by atoms with Crippen molar-refractivity contribution in [1.29, 1.82) is 0 Å². The minimum atomic E-state index is -1.42. The van der Waals surface area contributed by atoms with E-state index in [1.54, 1.807) is 20.3 Å². The molecule has 0 aliphatic heterocycles. The van der Waals surface area contributed by atoms with Gasteiger partial charge in [0.1, 0.15) is 5.67 Å². The van der Waals surface area contributed by atoms with E-state index >= 15 is 0 Å². The maximum absolute atomic E-state index is 14.6. The number of hydrogen-bond acceptors (Lipinski definition) is 3. The van der Waals surface area contributed by atoms with Crippen LogP contribution in [0.15, 0.2) is 12.1 Å². The average molecular weight is 239 g/mol. The highest BCUT2D eigenvalue weighted by Crippen LogP contribution is 2.42.